The number of halogens is 2. The van der Waals surface area contributed by atoms with Gasteiger partial charge < -0.3 is 28.6 Å². The first-order chi connectivity index (χ1) is 21.3. The van der Waals surface area contributed by atoms with Gasteiger partial charge in [0.2, 0.25) is 0 Å². The minimum absolute atomic E-state index is 0.0597. The summed E-state index contributed by atoms with van der Waals surface area (Å²) in [5, 5.41) is 0.250. The first-order valence-corrected chi connectivity index (χ1v) is 15.0. The van der Waals surface area contributed by atoms with E-state index in [0.29, 0.717) is 18.0 Å². The second-order valence-electron chi connectivity index (χ2n) is 11.8. The Morgan fingerprint density at radius 2 is 1.76 bits per heavy atom. The molecule has 1 saturated heterocycles. The Bertz CT molecular complexity index is 1450. The lowest BCUT2D eigenvalue weighted by Gasteiger charge is -2.27. The van der Waals surface area contributed by atoms with Crippen LogP contribution in [0.4, 0.5) is 20.6 Å². The van der Waals surface area contributed by atoms with Crippen molar-refractivity contribution in [3.05, 3.63) is 83.4 Å². The maximum absolute atomic E-state index is 14.9. The zero-order valence-electron chi connectivity index (χ0n) is 26.1. The van der Waals surface area contributed by atoms with E-state index in [0.717, 1.165) is 0 Å². The van der Waals surface area contributed by atoms with Crippen molar-refractivity contribution in [1.82, 2.24) is 4.98 Å². The second-order valence-corrected chi connectivity index (χ2v) is 12.2. The number of carbonyl (C=O) groups excluding carboxylic acids is 2. The number of carbonyl (C=O) groups is 2. The van der Waals surface area contributed by atoms with Crippen LogP contribution >= 0.6 is 11.6 Å². The number of amides is 2. The number of rotatable bonds is 12. The zero-order valence-corrected chi connectivity index (χ0v) is 26.9. The summed E-state index contributed by atoms with van der Waals surface area (Å²) >= 11 is 6.39. The standard InChI is InChI=1S/C33H39ClFN3O7/c1-32(2,3)45-31(40)37(25-10-12-36-13-11-25)15-17-42-26-19-23(18-24(34)20-26)30(39)38(29-9-7-6-8-28(29)35)14-16-41-21-27-22-43-33(4,5)44-27/h6-13,18-20,27H,14-17,21-22H2,1-5H3. The Morgan fingerprint density at radius 1 is 1.04 bits per heavy atom. The highest BCUT2D eigenvalue weighted by Gasteiger charge is 2.33. The van der Waals surface area contributed by atoms with Crippen LogP contribution in [0.2, 0.25) is 5.02 Å². The molecule has 3 aromatic rings. The highest BCUT2D eigenvalue weighted by molar-refractivity contribution is 6.31. The van der Waals surface area contributed by atoms with Crippen LogP contribution in [0.25, 0.3) is 0 Å². The molecule has 2 amide bonds. The quantitative estimate of drug-likeness (QED) is 0.206. The van der Waals surface area contributed by atoms with E-state index in [1.165, 1.54) is 34.1 Å². The van der Waals surface area contributed by atoms with Gasteiger partial charge in [0.1, 0.15) is 29.9 Å². The number of anilines is 2. The zero-order chi connectivity index (χ0) is 32.6. The molecule has 1 aromatic heterocycles. The number of para-hydroxylation sites is 1. The van der Waals surface area contributed by atoms with Crippen molar-refractivity contribution >= 4 is 35.0 Å². The molecule has 0 N–H and O–H groups in total. The SMILES string of the molecule is CC(C)(C)OC(=O)N(CCOc1cc(Cl)cc(C(=O)N(CCOCC2COC(C)(C)O2)c2ccccc2F)c1)c1ccncc1. The molecule has 1 atom stereocenters. The smallest absolute Gasteiger partial charge is 0.414 e. The number of aromatic nitrogens is 1. The number of pyridine rings is 1. The van der Waals surface area contributed by atoms with Gasteiger partial charge in [0.05, 0.1) is 37.7 Å². The summed E-state index contributed by atoms with van der Waals surface area (Å²) in [6, 6.07) is 14.0. The van der Waals surface area contributed by atoms with Gasteiger partial charge in [-0.1, -0.05) is 23.7 Å². The van der Waals surface area contributed by atoms with Gasteiger partial charge in [-0.3, -0.25) is 14.7 Å². The number of benzene rings is 2. The van der Waals surface area contributed by atoms with E-state index in [4.69, 9.17) is 35.3 Å². The van der Waals surface area contributed by atoms with Crippen LogP contribution in [0.3, 0.4) is 0 Å². The molecule has 1 aliphatic rings. The van der Waals surface area contributed by atoms with Gasteiger partial charge in [-0.15, -0.1) is 0 Å². The van der Waals surface area contributed by atoms with Crippen LogP contribution in [-0.4, -0.2) is 74.0 Å². The predicted octanol–water partition coefficient (Wildman–Crippen LogP) is 6.51. The number of hydrogen-bond donors (Lipinski definition) is 0. The second kappa shape index (κ2) is 15.0. The van der Waals surface area contributed by atoms with E-state index >= 15 is 0 Å². The van der Waals surface area contributed by atoms with Gasteiger partial charge in [0.25, 0.3) is 5.91 Å². The van der Waals surface area contributed by atoms with E-state index < -0.39 is 29.2 Å². The minimum Gasteiger partial charge on any atom is -0.492 e. The third-order valence-corrected chi connectivity index (χ3v) is 6.73. The lowest BCUT2D eigenvalue weighted by molar-refractivity contribution is -0.144. The van der Waals surface area contributed by atoms with Crippen LogP contribution in [-0.2, 0) is 18.9 Å². The van der Waals surface area contributed by atoms with Crippen LogP contribution in [0.15, 0.2) is 67.0 Å². The minimum atomic E-state index is -0.698. The molecular weight excluding hydrogens is 605 g/mol. The Hall–Kier alpha value is -3.77. The van der Waals surface area contributed by atoms with Crippen molar-refractivity contribution in [3.63, 3.8) is 0 Å². The average Bonchev–Trinajstić information content (AvgIpc) is 3.33. The van der Waals surface area contributed by atoms with E-state index in [1.54, 1.807) is 63.5 Å². The van der Waals surface area contributed by atoms with E-state index in [9.17, 15) is 14.0 Å². The van der Waals surface area contributed by atoms with E-state index in [-0.39, 0.29) is 55.3 Å². The Kier molecular flexibility index (Phi) is 11.4. The molecule has 0 bridgehead atoms. The molecule has 0 aliphatic carbocycles. The molecule has 12 heteroatoms. The van der Waals surface area contributed by atoms with Gasteiger partial charge in [-0.05, 0) is 77.1 Å². The fourth-order valence-electron chi connectivity index (χ4n) is 4.56. The summed E-state index contributed by atoms with van der Waals surface area (Å²) in [6.45, 7) is 10.1. The van der Waals surface area contributed by atoms with Crippen LogP contribution in [0, 0.1) is 5.82 Å². The monoisotopic (exact) mass is 643 g/mol. The molecule has 45 heavy (non-hydrogen) atoms. The summed E-state index contributed by atoms with van der Waals surface area (Å²) < 4.78 is 43.5. The molecule has 2 aromatic carbocycles. The van der Waals surface area contributed by atoms with Crippen LogP contribution in [0.5, 0.6) is 5.75 Å². The van der Waals surface area contributed by atoms with Gasteiger partial charge in [-0.2, -0.15) is 0 Å². The fraction of sp³-hybridized carbons (Fsp3) is 0.424. The summed E-state index contributed by atoms with van der Waals surface area (Å²) in [7, 11) is 0. The molecule has 0 spiro atoms. The number of ether oxygens (including phenoxy) is 5. The largest absolute Gasteiger partial charge is 0.492 e. The Labute approximate surface area is 267 Å². The lowest BCUT2D eigenvalue weighted by atomic mass is 10.1. The molecule has 2 heterocycles. The first-order valence-electron chi connectivity index (χ1n) is 14.6. The molecule has 1 aliphatic heterocycles. The van der Waals surface area contributed by atoms with Crippen molar-refractivity contribution in [2.24, 2.45) is 0 Å². The molecule has 0 radical (unpaired) electrons. The first kappa shape index (κ1) is 34.1. The van der Waals surface area contributed by atoms with Crippen molar-refractivity contribution in [1.29, 1.82) is 0 Å². The van der Waals surface area contributed by atoms with Crippen molar-refractivity contribution in [2.45, 2.75) is 52.1 Å². The van der Waals surface area contributed by atoms with E-state index in [2.05, 4.69) is 4.98 Å². The number of hydrogen-bond acceptors (Lipinski definition) is 8. The van der Waals surface area contributed by atoms with Gasteiger partial charge in [0.15, 0.2) is 5.79 Å². The summed E-state index contributed by atoms with van der Waals surface area (Å²) in [4.78, 5) is 33.5. The maximum Gasteiger partial charge on any atom is 0.414 e. The normalized spacial score (nSPS) is 15.8. The molecule has 1 unspecified atom stereocenters. The van der Waals surface area contributed by atoms with Gasteiger partial charge in [-0.25, -0.2) is 9.18 Å². The van der Waals surface area contributed by atoms with Crippen molar-refractivity contribution in [3.8, 4) is 5.75 Å². The average molecular weight is 644 g/mol. The Morgan fingerprint density at radius 3 is 2.42 bits per heavy atom. The third kappa shape index (κ3) is 10.1. The third-order valence-electron chi connectivity index (χ3n) is 6.51. The summed E-state index contributed by atoms with van der Waals surface area (Å²) in [5.74, 6) is -1.43. The van der Waals surface area contributed by atoms with Crippen LogP contribution < -0.4 is 14.5 Å². The predicted molar refractivity (Wildman–Crippen MR) is 169 cm³/mol. The van der Waals surface area contributed by atoms with Gasteiger partial charge in [0, 0.05) is 29.5 Å². The van der Waals surface area contributed by atoms with Gasteiger partial charge >= 0.3 is 6.09 Å². The fourth-order valence-corrected chi connectivity index (χ4v) is 4.79. The van der Waals surface area contributed by atoms with Crippen molar-refractivity contribution < 1.29 is 37.7 Å². The molecular formula is C33H39ClFN3O7. The molecule has 10 nitrogen and oxygen atoms in total. The van der Waals surface area contributed by atoms with Crippen LogP contribution in [0.1, 0.15) is 45.0 Å². The molecule has 1 fully saturated rings. The van der Waals surface area contributed by atoms with E-state index in [1.807, 2.05) is 13.8 Å². The van der Waals surface area contributed by atoms with Crippen molar-refractivity contribution in [2.75, 3.05) is 49.3 Å². The molecule has 0 saturated carbocycles. The summed E-state index contributed by atoms with van der Waals surface area (Å²) in [6.07, 6.45) is 2.37. The highest BCUT2D eigenvalue weighted by atomic mass is 35.5. The Balaban J connectivity index is 1.45. The maximum atomic E-state index is 14.9. The lowest BCUT2D eigenvalue weighted by Crippen LogP contribution is -2.39. The topological polar surface area (TPSA) is 99.7 Å². The molecule has 242 valence electrons. The number of nitrogens with zero attached hydrogens (tertiary/aromatic N) is 3. The summed E-state index contributed by atoms with van der Waals surface area (Å²) in [5.41, 5.74) is 0.174. The highest BCUT2D eigenvalue weighted by Crippen LogP contribution is 2.27. The molecule has 4 rings (SSSR count).